The second-order valence-corrected chi connectivity index (χ2v) is 18.4. The highest BCUT2D eigenvalue weighted by atomic mass is 79.9. The van der Waals surface area contributed by atoms with Crippen molar-refractivity contribution < 1.29 is 30.0 Å². The predicted octanol–water partition coefficient (Wildman–Crippen LogP) is 13.0. The predicted molar refractivity (Wildman–Crippen MR) is 230 cm³/mol. The topological polar surface area (TPSA) is 121 Å². The lowest BCUT2D eigenvalue weighted by Gasteiger charge is -2.22. The number of halogens is 3. The van der Waals surface area contributed by atoms with E-state index in [-0.39, 0.29) is 16.2 Å². The zero-order valence-corrected chi connectivity index (χ0v) is 36.6. The number of rotatable bonds is 0. The second-order valence-electron chi connectivity index (χ2n) is 15.4. The molecule has 0 aliphatic carbocycles. The van der Waals surface area contributed by atoms with Gasteiger partial charge < -0.3 is 30.0 Å². The van der Waals surface area contributed by atoms with Gasteiger partial charge in [0.25, 0.3) is 0 Å². The molecular weight excluding hydrogens is 871 g/mol. The van der Waals surface area contributed by atoms with Crippen LogP contribution >= 0.6 is 56.4 Å². The van der Waals surface area contributed by atoms with E-state index in [1.54, 1.807) is 0 Å². The summed E-state index contributed by atoms with van der Waals surface area (Å²) in [6, 6.07) is 30.4. The highest BCUT2D eigenvalue weighted by molar-refractivity contribution is 9.11. The van der Waals surface area contributed by atoms with Gasteiger partial charge in [-0.1, -0.05) is 135 Å². The van der Waals surface area contributed by atoms with Gasteiger partial charge in [0.05, 0.1) is 13.4 Å². The number of phenols is 3. The molecule has 0 saturated carbocycles. The molecule has 278 valence electrons. The summed E-state index contributed by atoms with van der Waals surface area (Å²) in [5.41, 5.74) is 2.73. The highest BCUT2D eigenvalue weighted by Crippen LogP contribution is 2.43. The number of phenolic OH excluding ortho intramolecular Hbond substituents is 3. The Morgan fingerprint density at radius 2 is 0.596 bits per heavy atom. The minimum Gasteiger partial charge on any atom is -0.506 e. The Labute approximate surface area is 333 Å². The summed E-state index contributed by atoms with van der Waals surface area (Å²) in [4.78, 5) is 21.7. The van der Waals surface area contributed by atoms with Crippen LogP contribution in [0.1, 0.15) is 79.0 Å². The maximum absolute atomic E-state index is 10.2. The molecule has 0 aliphatic rings. The fourth-order valence-electron chi connectivity index (χ4n) is 5.59. The van der Waals surface area contributed by atoms with Crippen LogP contribution in [0.4, 0.5) is 0 Å². The molecule has 52 heavy (non-hydrogen) atoms. The Hall–Kier alpha value is -2.75. The lowest BCUT2D eigenvalue weighted by molar-refractivity contribution is 0.368. The quantitative estimate of drug-likeness (QED) is 0.0844. The van der Waals surface area contributed by atoms with Crippen LogP contribution in [0.25, 0.3) is 32.3 Å². The van der Waals surface area contributed by atoms with E-state index >= 15 is 0 Å². The fourth-order valence-corrected chi connectivity index (χ4v) is 7.32. The van der Waals surface area contributed by atoms with Crippen molar-refractivity contribution in [1.29, 1.82) is 0 Å². The highest BCUT2D eigenvalue weighted by Gasteiger charge is 2.23. The smallest absolute Gasteiger partial charge is 0.324 e. The Kier molecular flexibility index (Phi) is 14.8. The molecular formula is C42H48Br3O6P. The third-order valence-corrected chi connectivity index (χ3v) is 10.7. The first-order chi connectivity index (χ1) is 24.0. The van der Waals surface area contributed by atoms with Crippen molar-refractivity contribution in [3.05, 3.63) is 121 Å². The summed E-state index contributed by atoms with van der Waals surface area (Å²) in [5, 5.41) is 37.2. The van der Waals surface area contributed by atoms with Crippen molar-refractivity contribution in [2.45, 2.75) is 78.6 Å². The molecule has 6 rings (SSSR count). The van der Waals surface area contributed by atoms with Gasteiger partial charge in [0.15, 0.2) is 0 Å². The molecule has 6 N–H and O–H groups in total. The van der Waals surface area contributed by atoms with Crippen LogP contribution < -0.4 is 0 Å². The van der Waals surface area contributed by atoms with Crippen LogP contribution in [-0.2, 0) is 16.2 Å². The fraction of sp³-hybridized carbons (Fsp3) is 0.286. The van der Waals surface area contributed by atoms with Crippen LogP contribution in [0.2, 0.25) is 0 Å². The van der Waals surface area contributed by atoms with E-state index < -0.39 is 8.60 Å². The van der Waals surface area contributed by atoms with Crippen molar-refractivity contribution in [3.63, 3.8) is 0 Å². The van der Waals surface area contributed by atoms with Gasteiger partial charge in [0.2, 0.25) is 0 Å². The van der Waals surface area contributed by atoms with Gasteiger partial charge in [-0.2, -0.15) is 0 Å². The van der Waals surface area contributed by atoms with Crippen molar-refractivity contribution >= 4 is 88.7 Å². The number of hydrogen-bond acceptors (Lipinski definition) is 6. The van der Waals surface area contributed by atoms with Gasteiger partial charge in [-0.3, -0.25) is 0 Å². The Balaban J connectivity index is 0.000000200. The van der Waals surface area contributed by atoms with E-state index in [1.807, 2.05) is 54.6 Å². The first-order valence-corrected chi connectivity index (χ1v) is 20.1. The van der Waals surface area contributed by atoms with E-state index in [0.717, 1.165) is 62.4 Å². The Bertz CT molecular complexity index is 1920. The van der Waals surface area contributed by atoms with Gasteiger partial charge in [0.1, 0.15) is 17.2 Å². The number of hydrogen-bond donors (Lipinski definition) is 6. The summed E-state index contributed by atoms with van der Waals surface area (Å²) in [5.74, 6) is 1.06. The molecule has 0 saturated heterocycles. The Morgan fingerprint density at radius 3 is 0.788 bits per heavy atom. The summed E-state index contributed by atoms with van der Waals surface area (Å²) >= 11 is 10.4. The van der Waals surface area contributed by atoms with Crippen molar-refractivity contribution in [3.8, 4) is 17.2 Å². The van der Waals surface area contributed by atoms with Crippen LogP contribution in [0.3, 0.4) is 0 Å². The summed E-state index contributed by atoms with van der Waals surface area (Å²) in [7, 11) is -2.62. The maximum atomic E-state index is 10.2. The van der Waals surface area contributed by atoms with E-state index in [2.05, 4.69) is 147 Å². The first-order valence-electron chi connectivity index (χ1n) is 16.6. The van der Waals surface area contributed by atoms with Crippen LogP contribution in [0, 0.1) is 0 Å². The molecule has 0 heterocycles. The second kappa shape index (κ2) is 17.6. The lowest BCUT2D eigenvalue weighted by atomic mass is 9.85. The average Bonchev–Trinajstić information content (AvgIpc) is 3.05. The van der Waals surface area contributed by atoms with Crippen molar-refractivity contribution in [2.75, 3.05) is 0 Å². The third-order valence-electron chi connectivity index (χ3n) is 8.30. The molecule has 0 radical (unpaired) electrons. The van der Waals surface area contributed by atoms with Gasteiger partial charge in [-0.25, -0.2) is 0 Å². The zero-order valence-electron chi connectivity index (χ0n) is 30.9. The molecule has 10 heteroatoms. The molecule has 0 spiro atoms. The lowest BCUT2D eigenvalue weighted by Crippen LogP contribution is -2.11. The molecule has 6 nitrogen and oxygen atoms in total. The summed E-state index contributed by atoms with van der Waals surface area (Å²) in [6.07, 6.45) is 0. The van der Waals surface area contributed by atoms with E-state index in [0.29, 0.717) is 17.2 Å². The molecule has 0 aromatic heterocycles. The van der Waals surface area contributed by atoms with Gasteiger partial charge in [-0.15, -0.1) is 0 Å². The van der Waals surface area contributed by atoms with Gasteiger partial charge in [-0.05, 0) is 115 Å². The molecule has 0 fully saturated rings. The standard InChI is InChI=1S/3C14H15BrO.H3O3P/c3*1-14(2,3)11-8-9-6-4-5-7-10(9)12(15)13(11)16;1-4(2)3/h3*4-8,16H,1-3H3;1-3H. The summed E-state index contributed by atoms with van der Waals surface area (Å²) in [6.45, 7) is 18.9. The molecule has 0 aliphatic heterocycles. The molecule has 0 amide bonds. The van der Waals surface area contributed by atoms with E-state index in [9.17, 15) is 15.3 Å². The van der Waals surface area contributed by atoms with Crippen LogP contribution in [0.5, 0.6) is 17.2 Å². The number of aromatic hydroxyl groups is 3. The monoisotopic (exact) mass is 916 g/mol. The normalized spacial score (nSPS) is 11.8. The maximum Gasteiger partial charge on any atom is 0.324 e. The Morgan fingerprint density at radius 1 is 0.404 bits per heavy atom. The molecule has 0 unspecified atom stereocenters. The number of benzene rings is 6. The molecule has 0 atom stereocenters. The van der Waals surface area contributed by atoms with Gasteiger partial charge in [0, 0.05) is 16.7 Å². The molecule has 6 aromatic rings. The minimum absolute atomic E-state index is 0.0589. The average molecular weight is 920 g/mol. The summed E-state index contributed by atoms with van der Waals surface area (Å²) < 4.78 is 2.36. The van der Waals surface area contributed by atoms with Crippen LogP contribution in [-0.4, -0.2) is 30.0 Å². The zero-order chi connectivity index (χ0) is 39.3. The minimum atomic E-state index is -2.62. The largest absolute Gasteiger partial charge is 0.506 e. The SMILES string of the molecule is CC(C)(C)c1cc2ccccc2c(Br)c1O.CC(C)(C)c1cc2ccccc2c(Br)c1O.CC(C)(C)c1cc2ccccc2c(Br)c1O.OP(O)O. The van der Waals surface area contributed by atoms with E-state index in [4.69, 9.17) is 14.7 Å². The van der Waals surface area contributed by atoms with E-state index in [1.165, 1.54) is 0 Å². The third kappa shape index (κ3) is 10.9. The molecule has 0 bridgehead atoms. The first kappa shape index (κ1) is 43.7. The number of fused-ring (bicyclic) bond motifs is 3. The van der Waals surface area contributed by atoms with Crippen molar-refractivity contribution in [1.82, 2.24) is 0 Å². The molecule has 6 aromatic carbocycles. The van der Waals surface area contributed by atoms with Crippen molar-refractivity contribution in [2.24, 2.45) is 0 Å². The van der Waals surface area contributed by atoms with Crippen LogP contribution in [0.15, 0.2) is 104 Å². The van der Waals surface area contributed by atoms with Gasteiger partial charge >= 0.3 is 8.60 Å².